The molecule has 0 bridgehead atoms. The third-order valence-corrected chi connectivity index (χ3v) is 17.5. The zero-order valence-electron chi connectivity index (χ0n) is 41.0. The lowest BCUT2D eigenvalue weighted by Crippen LogP contribution is -2.67. The second-order valence-electron chi connectivity index (χ2n) is 21.3. The number of ether oxygens (including phenoxy) is 2. The number of cyclic esters (lactones) is 1. The fraction of sp³-hybridized carbons (Fsp3) is 0.561. The summed E-state index contributed by atoms with van der Waals surface area (Å²) in [4.78, 5) is 65.1. The highest BCUT2D eigenvalue weighted by Gasteiger charge is 2.70. The maximum absolute atomic E-state index is 14.1. The number of carbonyl (C=O) groups excluding carboxylic acids is 5. The molecule has 5 N–H and O–H groups in total. The summed E-state index contributed by atoms with van der Waals surface area (Å²) in [7, 11) is 0. The summed E-state index contributed by atoms with van der Waals surface area (Å²) < 4.78 is 11.8. The molecular formula is C57H73N3O9. The van der Waals surface area contributed by atoms with Gasteiger partial charge in [-0.1, -0.05) is 118 Å². The standard InChI is InChI=1S/C57H73N3O9/c1-5-47(53(66)69-57(39-15-9-6-10-16-39,40-17-11-7-12-18-40)41-22-20-37(2)21-23-41)60-50(63)19-13-8-14-32-58-49(62)26-27-51(64)59-43-28-30-54(3)42(34-43)24-25-45-46(54)35-48(61)55(4)44(29-31-56(45,55)67)38-33-52(65)68-36-38/h6-7,9-12,15-18,20-23,33,42-48,61,67H,5,8,13-14,19,24-32,34-36H2,1-4H3,(H,58,62)(H,59,64)(H,60,63)/t42?,43-,44?,45?,46-,47?,48?,54?,55?,56-/m0/s1. The molecule has 1 heterocycles. The molecule has 0 aromatic heterocycles. The van der Waals surface area contributed by atoms with Crippen molar-refractivity contribution in [2.75, 3.05) is 13.2 Å². The molecule has 12 nitrogen and oxygen atoms in total. The zero-order valence-corrected chi connectivity index (χ0v) is 41.0. The van der Waals surface area contributed by atoms with Gasteiger partial charge in [-0.15, -0.1) is 0 Å². The van der Waals surface area contributed by atoms with Gasteiger partial charge in [0.1, 0.15) is 12.6 Å². The van der Waals surface area contributed by atoms with Gasteiger partial charge in [-0.05, 0) is 112 Å². The molecule has 69 heavy (non-hydrogen) atoms. The van der Waals surface area contributed by atoms with Crippen molar-refractivity contribution in [3.05, 3.63) is 119 Å². The largest absolute Gasteiger partial charge is 0.458 e. The number of esters is 2. The van der Waals surface area contributed by atoms with Crippen LogP contribution >= 0.6 is 0 Å². The topological polar surface area (TPSA) is 180 Å². The van der Waals surface area contributed by atoms with Gasteiger partial charge in [0.05, 0.1) is 11.7 Å². The zero-order chi connectivity index (χ0) is 49.0. The van der Waals surface area contributed by atoms with E-state index >= 15 is 0 Å². The molecule has 8 rings (SSSR count). The van der Waals surface area contributed by atoms with E-state index in [0.717, 1.165) is 66.4 Å². The lowest BCUT2D eigenvalue weighted by molar-refractivity contribution is -0.243. The number of aliphatic hydroxyl groups excluding tert-OH is 1. The van der Waals surface area contributed by atoms with Gasteiger partial charge in [-0.2, -0.15) is 0 Å². The normalized spacial score (nSPS) is 29.8. The number of aliphatic hydroxyl groups is 2. The van der Waals surface area contributed by atoms with E-state index in [1.165, 1.54) is 0 Å². The second kappa shape index (κ2) is 20.9. The first kappa shape index (κ1) is 50.1. The van der Waals surface area contributed by atoms with Gasteiger partial charge in [0.15, 0.2) is 5.60 Å². The Balaban J connectivity index is 0.746. The minimum absolute atomic E-state index is 0.0195. The minimum Gasteiger partial charge on any atom is -0.458 e. The van der Waals surface area contributed by atoms with Crippen LogP contribution in [-0.4, -0.2) is 76.8 Å². The van der Waals surface area contributed by atoms with E-state index in [1.807, 2.05) is 106 Å². The number of benzene rings is 3. The molecule has 12 heteroatoms. The molecule has 10 atom stereocenters. The van der Waals surface area contributed by atoms with Crippen molar-refractivity contribution in [3.8, 4) is 0 Å². The summed E-state index contributed by atoms with van der Waals surface area (Å²) in [6.45, 7) is 8.90. The van der Waals surface area contributed by atoms with Gasteiger partial charge in [0.25, 0.3) is 0 Å². The summed E-state index contributed by atoms with van der Waals surface area (Å²) in [5, 5.41) is 33.5. The highest BCUT2D eigenvalue weighted by atomic mass is 16.6. The number of hydrogen-bond acceptors (Lipinski definition) is 9. The molecule has 3 aromatic carbocycles. The van der Waals surface area contributed by atoms with Crippen molar-refractivity contribution in [2.45, 2.75) is 153 Å². The van der Waals surface area contributed by atoms with Crippen LogP contribution in [0.1, 0.15) is 139 Å². The SMILES string of the molecule is CCC(NC(=O)CCCCCNC(=O)CCC(=O)N[C@H]1CCC2(C)C(CCC3[C@@H]2CC(O)C2(C)C(C4=CC(=O)OC4)CC[C@]32O)C1)C(=O)OC(c1ccccc1)(c1ccccc1)c1ccc(C)cc1. The van der Waals surface area contributed by atoms with E-state index in [-0.39, 0.29) is 78.8 Å². The molecule has 4 fully saturated rings. The van der Waals surface area contributed by atoms with Crippen molar-refractivity contribution < 1.29 is 43.7 Å². The van der Waals surface area contributed by atoms with Crippen LogP contribution < -0.4 is 16.0 Å². The highest BCUT2D eigenvalue weighted by Crippen LogP contribution is 2.70. The van der Waals surface area contributed by atoms with Crippen molar-refractivity contribution >= 4 is 29.7 Å². The Labute approximate surface area is 407 Å². The van der Waals surface area contributed by atoms with E-state index in [4.69, 9.17) is 9.47 Å². The number of aryl methyl sites for hydroxylation is 1. The molecule has 3 amide bonds. The Morgan fingerprint density at radius 2 is 1.45 bits per heavy atom. The number of hydrogen-bond donors (Lipinski definition) is 5. The van der Waals surface area contributed by atoms with E-state index in [1.54, 1.807) is 6.08 Å². The van der Waals surface area contributed by atoms with Crippen molar-refractivity contribution in [1.29, 1.82) is 0 Å². The lowest BCUT2D eigenvalue weighted by Gasteiger charge is -2.65. The molecule has 7 unspecified atom stereocenters. The average molecular weight is 944 g/mol. The molecule has 0 spiro atoms. The number of unbranched alkanes of at least 4 members (excludes halogenated alkanes) is 2. The van der Waals surface area contributed by atoms with Gasteiger partial charge < -0.3 is 35.6 Å². The number of rotatable bonds is 18. The predicted octanol–water partition coefficient (Wildman–Crippen LogP) is 7.89. The first-order chi connectivity index (χ1) is 33.1. The van der Waals surface area contributed by atoms with Crippen LogP contribution in [0.2, 0.25) is 0 Å². The number of amides is 3. The van der Waals surface area contributed by atoms with Gasteiger partial charge in [0, 0.05) is 60.0 Å². The van der Waals surface area contributed by atoms with E-state index in [0.29, 0.717) is 51.0 Å². The maximum atomic E-state index is 14.1. The molecule has 370 valence electrons. The molecule has 0 radical (unpaired) electrons. The molecule has 0 saturated heterocycles. The average Bonchev–Trinajstić information content (AvgIpc) is 3.91. The molecule has 3 aromatic rings. The summed E-state index contributed by atoms with van der Waals surface area (Å²) >= 11 is 0. The second-order valence-corrected chi connectivity index (χ2v) is 21.3. The van der Waals surface area contributed by atoms with Gasteiger partial charge in [-0.3, -0.25) is 14.4 Å². The first-order valence-corrected chi connectivity index (χ1v) is 25.7. The van der Waals surface area contributed by atoms with E-state index in [2.05, 4.69) is 22.9 Å². The fourth-order valence-electron chi connectivity index (χ4n) is 13.6. The smallest absolute Gasteiger partial charge is 0.331 e. The highest BCUT2D eigenvalue weighted by molar-refractivity contribution is 5.86. The van der Waals surface area contributed by atoms with Crippen LogP contribution in [0.5, 0.6) is 0 Å². The van der Waals surface area contributed by atoms with Crippen molar-refractivity contribution in [3.63, 3.8) is 0 Å². The van der Waals surface area contributed by atoms with Crippen molar-refractivity contribution in [2.24, 2.45) is 34.5 Å². The minimum atomic E-state index is -1.24. The van der Waals surface area contributed by atoms with Crippen LogP contribution in [0, 0.1) is 41.4 Å². The van der Waals surface area contributed by atoms with Crippen LogP contribution in [0.25, 0.3) is 0 Å². The van der Waals surface area contributed by atoms with Crippen LogP contribution in [0.3, 0.4) is 0 Å². The number of fused-ring (bicyclic) bond motifs is 5. The molecule has 1 aliphatic heterocycles. The van der Waals surface area contributed by atoms with Gasteiger partial charge >= 0.3 is 11.9 Å². The summed E-state index contributed by atoms with van der Waals surface area (Å²) in [6, 6.07) is 26.5. The summed E-state index contributed by atoms with van der Waals surface area (Å²) in [5.74, 6) is -0.933. The van der Waals surface area contributed by atoms with E-state index in [9.17, 15) is 34.2 Å². The Hall–Kier alpha value is -5.33. The number of nitrogens with one attached hydrogen (secondary N) is 3. The van der Waals surface area contributed by atoms with Crippen molar-refractivity contribution in [1.82, 2.24) is 16.0 Å². The first-order valence-electron chi connectivity index (χ1n) is 25.7. The van der Waals surface area contributed by atoms with Crippen LogP contribution in [0.15, 0.2) is 96.6 Å². The Morgan fingerprint density at radius 3 is 2.10 bits per heavy atom. The third kappa shape index (κ3) is 9.90. The lowest BCUT2D eigenvalue weighted by atomic mass is 9.42. The Bertz CT molecular complexity index is 2320. The number of carbonyl (C=O) groups is 5. The molecule has 4 saturated carbocycles. The molecule has 5 aliphatic rings. The molecular weight excluding hydrogens is 871 g/mol. The summed E-state index contributed by atoms with van der Waals surface area (Å²) in [5.41, 5.74) is 1.29. The predicted molar refractivity (Wildman–Crippen MR) is 262 cm³/mol. The fourth-order valence-corrected chi connectivity index (χ4v) is 13.6. The quantitative estimate of drug-likeness (QED) is 0.0482. The Kier molecular flexibility index (Phi) is 15.2. The third-order valence-electron chi connectivity index (χ3n) is 17.5. The maximum Gasteiger partial charge on any atom is 0.331 e. The summed E-state index contributed by atoms with van der Waals surface area (Å²) in [6.07, 6.45) is 9.92. The molecule has 4 aliphatic carbocycles. The van der Waals surface area contributed by atoms with E-state index < -0.39 is 34.7 Å². The van der Waals surface area contributed by atoms with Gasteiger partial charge in [-0.25, -0.2) is 9.59 Å². The monoisotopic (exact) mass is 944 g/mol. The van der Waals surface area contributed by atoms with Crippen LogP contribution in [0.4, 0.5) is 0 Å². The van der Waals surface area contributed by atoms with Gasteiger partial charge in [0.2, 0.25) is 17.7 Å². The van der Waals surface area contributed by atoms with Crippen LogP contribution in [-0.2, 0) is 39.0 Å². The Morgan fingerprint density at radius 1 is 0.783 bits per heavy atom.